The van der Waals surface area contributed by atoms with Crippen molar-refractivity contribution in [2.24, 2.45) is 11.8 Å². The van der Waals surface area contributed by atoms with Crippen molar-refractivity contribution in [3.63, 3.8) is 0 Å². The van der Waals surface area contributed by atoms with Gasteiger partial charge in [0.15, 0.2) is 0 Å². The molecule has 2 nitrogen and oxygen atoms in total. The zero-order valence-corrected chi connectivity index (χ0v) is 16.4. The van der Waals surface area contributed by atoms with E-state index in [1.807, 2.05) is 30.3 Å². The van der Waals surface area contributed by atoms with Crippen molar-refractivity contribution in [2.45, 2.75) is 38.1 Å². The molecule has 2 fully saturated rings. The van der Waals surface area contributed by atoms with E-state index in [4.69, 9.17) is 23.2 Å². The van der Waals surface area contributed by atoms with Gasteiger partial charge in [0.05, 0.1) is 6.04 Å². The van der Waals surface area contributed by atoms with Gasteiger partial charge in [0.2, 0.25) is 5.91 Å². The monoisotopic (exact) mass is 387 g/mol. The highest BCUT2D eigenvalue weighted by molar-refractivity contribution is 6.30. The van der Waals surface area contributed by atoms with Gasteiger partial charge >= 0.3 is 0 Å². The second kappa shape index (κ2) is 7.25. The molecule has 1 heterocycles. The largest absolute Gasteiger partial charge is 0.335 e. The quantitative estimate of drug-likeness (QED) is 0.620. The van der Waals surface area contributed by atoms with E-state index in [0.29, 0.717) is 5.92 Å². The molecular formula is C22H23Cl2NO. The lowest BCUT2D eigenvalue weighted by Gasteiger charge is -2.44. The fourth-order valence-electron chi connectivity index (χ4n) is 4.16. The van der Waals surface area contributed by atoms with Gasteiger partial charge in [-0.3, -0.25) is 4.79 Å². The molecule has 26 heavy (non-hydrogen) atoms. The third-order valence-corrected chi connectivity index (χ3v) is 6.16. The van der Waals surface area contributed by atoms with Crippen molar-refractivity contribution in [3.05, 3.63) is 69.7 Å². The van der Waals surface area contributed by atoms with Crippen molar-refractivity contribution in [2.75, 3.05) is 6.54 Å². The molecule has 0 spiro atoms. The summed E-state index contributed by atoms with van der Waals surface area (Å²) in [7, 11) is 0. The topological polar surface area (TPSA) is 20.3 Å². The molecule has 2 aromatic carbocycles. The van der Waals surface area contributed by atoms with Gasteiger partial charge in [-0.25, -0.2) is 0 Å². The van der Waals surface area contributed by atoms with Gasteiger partial charge in [0.25, 0.3) is 0 Å². The third kappa shape index (κ3) is 3.63. The summed E-state index contributed by atoms with van der Waals surface area (Å²) >= 11 is 12.4. The predicted octanol–water partition coefficient (Wildman–Crippen LogP) is 6.10. The van der Waals surface area contributed by atoms with Gasteiger partial charge in [-0.15, -0.1) is 0 Å². The molecule has 136 valence electrons. The number of carbonyl (C=O) groups is 1. The van der Waals surface area contributed by atoms with E-state index in [1.54, 1.807) is 0 Å². The van der Waals surface area contributed by atoms with E-state index in [9.17, 15) is 4.79 Å². The number of benzene rings is 2. The number of hydrogen-bond acceptors (Lipinski definition) is 1. The zero-order chi connectivity index (χ0) is 18.3. The lowest BCUT2D eigenvalue weighted by molar-refractivity contribution is -0.142. The summed E-state index contributed by atoms with van der Waals surface area (Å²) in [6.07, 6.45) is 3.30. The maximum absolute atomic E-state index is 13.1. The van der Waals surface area contributed by atoms with Crippen molar-refractivity contribution < 1.29 is 4.79 Å². The first-order valence-electron chi connectivity index (χ1n) is 9.34. The Morgan fingerprint density at radius 3 is 2.38 bits per heavy atom. The summed E-state index contributed by atoms with van der Waals surface area (Å²) in [5.74, 6) is 1.19. The summed E-state index contributed by atoms with van der Waals surface area (Å²) < 4.78 is 0. The van der Waals surface area contributed by atoms with Gasteiger partial charge in [-0.05, 0) is 60.6 Å². The van der Waals surface area contributed by atoms with Crippen LogP contribution in [0.25, 0.3) is 0 Å². The summed E-state index contributed by atoms with van der Waals surface area (Å²) in [5.41, 5.74) is 2.36. The van der Waals surface area contributed by atoms with Crippen LogP contribution in [0.15, 0.2) is 48.5 Å². The maximum atomic E-state index is 13.1. The number of hydrogen-bond donors (Lipinski definition) is 0. The average molecular weight is 388 g/mol. The molecule has 1 aliphatic heterocycles. The number of piperidine rings is 1. The molecule has 0 aromatic heterocycles. The third-order valence-electron chi connectivity index (χ3n) is 5.67. The molecule has 1 saturated heterocycles. The van der Waals surface area contributed by atoms with Crippen molar-refractivity contribution in [1.29, 1.82) is 0 Å². The lowest BCUT2D eigenvalue weighted by atomic mass is 9.76. The van der Waals surface area contributed by atoms with Crippen LogP contribution in [-0.2, 0) is 4.79 Å². The average Bonchev–Trinajstić information content (AvgIpc) is 3.44. The second-order valence-electron chi connectivity index (χ2n) is 7.73. The van der Waals surface area contributed by atoms with E-state index in [0.717, 1.165) is 28.6 Å². The minimum absolute atomic E-state index is 0.0290. The Morgan fingerprint density at radius 2 is 1.73 bits per heavy atom. The fraction of sp³-hybridized carbons (Fsp3) is 0.409. The van der Waals surface area contributed by atoms with E-state index in [-0.39, 0.29) is 23.8 Å². The Hall–Kier alpha value is -1.51. The highest BCUT2D eigenvalue weighted by atomic mass is 35.5. The van der Waals surface area contributed by atoms with Crippen molar-refractivity contribution >= 4 is 29.1 Å². The maximum Gasteiger partial charge on any atom is 0.225 e. The summed E-state index contributed by atoms with van der Waals surface area (Å²) in [6, 6.07) is 16.1. The lowest BCUT2D eigenvalue weighted by Crippen LogP contribution is -2.46. The summed E-state index contributed by atoms with van der Waals surface area (Å²) in [4.78, 5) is 15.2. The zero-order valence-electron chi connectivity index (χ0n) is 14.9. The predicted molar refractivity (Wildman–Crippen MR) is 107 cm³/mol. The van der Waals surface area contributed by atoms with Gasteiger partial charge in [-0.2, -0.15) is 0 Å². The number of rotatable bonds is 4. The first-order valence-corrected chi connectivity index (χ1v) is 10.1. The summed E-state index contributed by atoms with van der Waals surface area (Å²) in [6.45, 7) is 2.91. The van der Waals surface area contributed by atoms with E-state index < -0.39 is 0 Å². The van der Waals surface area contributed by atoms with E-state index >= 15 is 0 Å². The van der Waals surface area contributed by atoms with Crippen LogP contribution in [0.2, 0.25) is 10.0 Å². The Balaban J connectivity index is 1.78. The standard InChI is InChI=1S/C22H23Cl2NO/c1-14-11-20(17-3-2-4-19(24)12-17)21(16-7-9-18(23)10-8-16)25(22(14)26)13-15-5-6-15/h2-4,7-10,12,14-15,20-21H,5-6,11,13H2,1H3. The highest BCUT2D eigenvalue weighted by Crippen LogP contribution is 2.47. The minimum atomic E-state index is 0.0290. The molecule has 2 aliphatic rings. The molecular weight excluding hydrogens is 365 g/mol. The molecule has 4 heteroatoms. The molecule has 0 radical (unpaired) electrons. The van der Waals surface area contributed by atoms with Crippen molar-refractivity contribution in [3.8, 4) is 0 Å². The molecule has 0 bridgehead atoms. The molecule has 1 aliphatic carbocycles. The Bertz CT molecular complexity index is 800. The van der Waals surface area contributed by atoms with Gasteiger partial charge in [-0.1, -0.05) is 54.4 Å². The summed E-state index contributed by atoms with van der Waals surface area (Å²) in [5, 5.41) is 1.47. The molecule has 1 saturated carbocycles. The second-order valence-corrected chi connectivity index (χ2v) is 8.60. The Morgan fingerprint density at radius 1 is 1.00 bits per heavy atom. The van der Waals surface area contributed by atoms with E-state index in [1.165, 1.54) is 18.4 Å². The number of nitrogens with zero attached hydrogens (tertiary/aromatic N) is 1. The van der Waals surface area contributed by atoms with Crippen LogP contribution in [0, 0.1) is 11.8 Å². The SMILES string of the molecule is CC1CC(c2cccc(Cl)c2)C(c2ccc(Cl)cc2)N(CC2CC2)C1=O. The number of halogens is 2. The molecule has 0 N–H and O–H groups in total. The van der Waals surface area contributed by atoms with E-state index in [2.05, 4.69) is 30.0 Å². The first kappa shape index (κ1) is 17.9. The first-order chi connectivity index (χ1) is 12.5. The molecule has 1 amide bonds. The normalized spacial score (nSPS) is 26.2. The van der Waals surface area contributed by atoms with Crippen LogP contribution < -0.4 is 0 Å². The molecule has 3 atom stereocenters. The van der Waals surface area contributed by atoms with Gasteiger partial charge in [0, 0.05) is 28.4 Å². The van der Waals surface area contributed by atoms with Crippen LogP contribution in [0.1, 0.15) is 49.3 Å². The van der Waals surface area contributed by atoms with Crippen LogP contribution >= 0.6 is 23.2 Å². The van der Waals surface area contributed by atoms with Crippen LogP contribution in [0.4, 0.5) is 0 Å². The number of amides is 1. The van der Waals surface area contributed by atoms with Crippen LogP contribution in [-0.4, -0.2) is 17.4 Å². The number of likely N-dealkylation sites (tertiary alicyclic amines) is 1. The smallest absolute Gasteiger partial charge is 0.225 e. The minimum Gasteiger partial charge on any atom is -0.335 e. The molecule has 4 rings (SSSR count). The Labute approximate surface area is 165 Å². The van der Waals surface area contributed by atoms with Crippen LogP contribution in [0.3, 0.4) is 0 Å². The fourth-order valence-corrected chi connectivity index (χ4v) is 4.48. The molecule has 3 unspecified atom stereocenters. The van der Waals surface area contributed by atoms with Gasteiger partial charge in [0.1, 0.15) is 0 Å². The Kier molecular flexibility index (Phi) is 4.98. The molecule has 2 aromatic rings. The highest BCUT2D eigenvalue weighted by Gasteiger charge is 2.43. The van der Waals surface area contributed by atoms with Gasteiger partial charge < -0.3 is 4.90 Å². The number of carbonyl (C=O) groups excluding carboxylic acids is 1. The van der Waals surface area contributed by atoms with Crippen molar-refractivity contribution in [1.82, 2.24) is 4.90 Å². The van der Waals surface area contributed by atoms with Crippen LogP contribution in [0.5, 0.6) is 0 Å².